The van der Waals surface area contributed by atoms with E-state index < -0.39 is 16.0 Å². The van der Waals surface area contributed by atoms with Crippen molar-refractivity contribution < 1.29 is 22.7 Å². The average Bonchev–Trinajstić information content (AvgIpc) is 3.10. The van der Waals surface area contributed by atoms with Crippen molar-refractivity contribution in [1.82, 2.24) is 0 Å². The molecule has 164 valence electrons. The molecule has 6 nitrogen and oxygen atoms in total. The quantitative estimate of drug-likeness (QED) is 0.528. The molecule has 0 unspecified atom stereocenters. The average molecular weight is 442 g/mol. The van der Waals surface area contributed by atoms with E-state index in [9.17, 15) is 13.2 Å². The molecular formula is C24H27NO5S. The third kappa shape index (κ3) is 4.06. The van der Waals surface area contributed by atoms with Crippen LogP contribution in [0.1, 0.15) is 55.3 Å². The highest BCUT2D eigenvalue weighted by molar-refractivity contribution is 7.92. The van der Waals surface area contributed by atoms with E-state index in [1.165, 1.54) is 29.8 Å². The molecule has 0 saturated carbocycles. The van der Waals surface area contributed by atoms with E-state index in [-0.39, 0.29) is 15.9 Å². The first kappa shape index (κ1) is 21.4. The maximum Gasteiger partial charge on any atom is 0.335 e. The number of nitrogens with one attached hydrogen (secondary N) is 1. The van der Waals surface area contributed by atoms with Crippen molar-refractivity contribution in [3.8, 4) is 0 Å². The Morgan fingerprint density at radius 3 is 2.55 bits per heavy atom. The standard InChI is InChI=1S/C24H27NO5S/c1-4-24(2,3)16-7-11-21-19(13-16)20-14-17(8-12-22(20)30-21)25-31(28,29)18-9-5-15(6-10-18)23(26)27/h5-6,8-10,12,14,16,25H,4,7,11,13H2,1-3H3,(H,26,27)/t16-/m0/s1. The number of carboxylic acids is 1. The minimum atomic E-state index is -3.84. The van der Waals surface area contributed by atoms with Crippen molar-refractivity contribution in [2.45, 2.75) is 51.3 Å². The fraction of sp³-hybridized carbons (Fsp3) is 0.375. The van der Waals surface area contributed by atoms with Gasteiger partial charge in [0, 0.05) is 23.1 Å². The smallest absolute Gasteiger partial charge is 0.335 e. The molecule has 31 heavy (non-hydrogen) atoms. The molecule has 1 aliphatic rings. The monoisotopic (exact) mass is 441 g/mol. The Morgan fingerprint density at radius 1 is 1.19 bits per heavy atom. The van der Waals surface area contributed by atoms with Crippen LogP contribution >= 0.6 is 0 Å². The summed E-state index contributed by atoms with van der Waals surface area (Å²) in [5.41, 5.74) is 2.68. The number of hydrogen-bond donors (Lipinski definition) is 2. The van der Waals surface area contributed by atoms with E-state index in [4.69, 9.17) is 9.52 Å². The van der Waals surface area contributed by atoms with Gasteiger partial charge < -0.3 is 9.52 Å². The number of carboxylic acid groups (broad SMARTS) is 1. The van der Waals surface area contributed by atoms with Crippen LogP contribution in [0.4, 0.5) is 5.69 Å². The number of aromatic carboxylic acids is 1. The third-order valence-electron chi connectivity index (χ3n) is 6.72. The molecule has 2 aromatic carbocycles. The maximum atomic E-state index is 12.8. The van der Waals surface area contributed by atoms with Gasteiger partial charge in [-0.2, -0.15) is 0 Å². The number of rotatable bonds is 6. The molecule has 4 rings (SSSR count). The highest BCUT2D eigenvalue weighted by atomic mass is 32.2. The Bertz CT molecular complexity index is 1240. The molecule has 0 spiro atoms. The molecule has 1 aliphatic carbocycles. The minimum Gasteiger partial charge on any atom is -0.478 e. The summed E-state index contributed by atoms with van der Waals surface area (Å²) < 4.78 is 34.2. The second-order valence-electron chi connectivity index (χ2n) is 8.93. The zero-order chi connectivity index (χ0) is 22.4. The lowest BCUT2D eigenvalue weighted by Gasteiger charge is -2.36. The molecule has 1 aromatic heterocycles. The van der Waals surface area contributed by atoms with E-state index in [1.54, 1.807) is 12.1 Å². The highest BCUT2D eigenvalue weighted by Crippen LogP contribution is 2.43. The topological polar surface area (TPSA) is 96.6 Å². The van der Waals surface area contributed by atoms with Crippen LogP contribution in [-0.2, 0) is 22.9 Å². The van der Waals surface area contributed by atoms with Crippen LogP contribution in [0.3, 0.4) is 0 Å². The van der Waals surface area contributed by atoms with Gasteiger partial charge in [0.05, 0.1) is 10.5 Å². The minimum absolute atomic E-state index is 0.0107. The number of sulfonamides is 1. The summed E-state index contributed by atoms with van der Waals surface area (Å²) in [5.74, 6) is 0.456. The molecule has 1 atom stereocenters. The first-order chi connectivity index (χ1) is 14.6. The summed E-state index contributed by atoms with van der Waals surface area (Å²) >= 11 is 0. The van der Waals surface area contributed by atoms with Gasteiger partial charge >= 0.3 is 5.97 Å². The highest BCUT2D eigenvalue weighted by Gasteiger charge is 2.33. The molecule has 3 aromatic rings. The lowest BCUT2D eigenvalue weighted by atomic mass is 9.69. The zero-order valence-electron chi connectivity index (χ0n) is 17.9. The van der Waals surface area contributed by atoms with Gasteiger partial charge in [0.15, 0.2) is 0 Å². The normalized spacial score (nSPS) is 16.8. The van der Waals surface area contributed by atoms with Gasteiger partial charge in [-0.1, -0.05) is 27.2 Å². The number of furan rings is 1. The maximum absolute atomic E-state index is 12.8. The van der Waals surface area contributed by atoms with Crippen LogP contribution in [0, 0.1) is 11.3 Å². The predicted molar refractivity (Wildman–Crippen MR) is 120 cm³/mol. The van der Waals surface area contributed by atoms with Crippen LogP contribution in [0.2, 0.25) is 0 Å². The van der Waals surface area contributed by atoms with E-state index in [0.29, 0.717) is 11.6 Å². The summed E-state index contributed by atoms with van der Waals surface area (Å²) in [6, 6.07) is 10.5. The lowest BCUT2D eigenvalue weighted by molar-refractivity contribution is 0.0696. The fourth-order valence-electron chi connectivity index (χ4n) is 4.29. The lowest BCUT2D eigenvalue weighted by Crippen LogP contribution is -2.28. The second-order valence-corrected chi connectivity index (χ2v) is 10.6. The van der Waals surface area contributed by atoms with E-state index in [1.807, 2.05) is 6.07 Å². The van der Waals surface area contributed by atoms with Crippen molar-refractivity contribution in [3.05, 3.63) is 59.4 Å². The predicted octanol–water partition coefficient (Wildman–Crippen LogP) is 5.47. The van der Waals surface area contributed by atoms with Crippen LogP contribution in [0.5, 0.6) is 0 Å². The summed E-state index contributed by atoms with van der Waals surface area (Å²) in [4.78, 5) is 11.0. The van der Waals surface area contributed by atoms with Gasteiger partial charge in [-0.25, -0.2) is 13.2 Å². The number of anilines is 1. The number of carbonyl (C=O) groups is 1. The Kier molecular flexibility index (Phi) is 5.33. The molecule has 0 fully saturated rings. The van der Waals surface area contributed by atoms with Crippen molar-refractivity contribution in [3.63, 3.8) is 0 Å². The Hall–Kier alpha value is -2.80. The number of benzene rings is 2. The van der Waals surface area contributed by atoms with Gasteiger partial charge in [0.1, 0.15) is 11.3 Å². The zero-order valence-corrected chi connectivity index (χ0v) is 18.8. The molecular weight excluding hydrogens is 414 g/mol. The van der Waals surface area contributed by atoms with Gasteiger partial charge in [-0.15, -0.1) is 0 Å². The number of aryl methyl sites for hydroxylation is 1. The molecule has 0 amide bonds. The molecule has 0 saturated heterocycles. The second kappa shape index (κ2) is 7.71. The van der Waals surface area contributed by atoms with Gasteiger partial charge in [-0.05, 0) is 66.6 Å². The number of fused-ring (bicyclic) bond motifs is 3. The van der Waals surface area contributed by atoms with Crippen LogP contribution in [0.25, 0.3) is 11.0 Å². The summed E-state index contributed by atoms with van der Waals surface area (Å²) in [6.07, 6.45) is 4.03. The van der Waals surface area contributed by atoms with Crippen molar-refractivity contribution >= 4 is 32.6 Å². The molecule has 0 aliphatic heterocycles. The third-order valence-corrected chi connectivity index (χ3v) is 8.12. The first-order valence-corrected chi connectivity index (χ1v) is 12.0. The first-order valence-electron chi connectivity index (χ1n) is 10.5. The Morgan fingerprint density at radius 2 is 1.90 bits per heavy atom. The largest absolute Gasteiger partial charge is 0.478 e. The Balaban J connectivity index is 1.64. The van der Waals surface area contributed by atoms with Gasteiger partial charge in [0.2, 0.25) is 0 Å². The van der Waals surface area contributed by atoms with Crippen LogP contribution in [-0.4, -0.2) is 19.5 Å². The molecule has 0 bridgehead atoms. The van der Waals surface area contributed by atoms with Crippen LogP contribution < -0.4 is 4.72 Å². The molecule has 7 heteroatoms. The van der Waals surface area contributed by atoms with Gasteiger partial charge in [-0.3, -0.25) is 4.72 Å². The SMILES string of the molecule is CCC(C)(C)[C@H]1CCc2oc3ccc(NS(=O)(=O)c4ccc(C(=O)O)cc4)cc3c2C1. The fourth-order valence-corrected chi connectivity index (χ4v) is 5.34. The molecule has 2 N–H and O–H groups in total. The van der Waals surface area contributed by atoms with Gasteiger partial charge in [0.25, 0.3) is 10.0 Å². The van der Waals surface area contributed by atoms with Crippen molar-refractivity contribution in [2.75, 3.05) is 4.72 Å². The number of hydrogen-bond acceptors (Lipinski definition) is 4. The van der Waals surface area contributed by atoms with E-state index in [2.05, 4.69) is 25.5 Å². The molecule has 1 heterocycles. The van der Waals surface area contributed by atoms with E-state index in [0.717, 1.165) is 42.4 Å². The summed E-state index contributed by atoms with van der Waals surface area (Å²) in [5, 5.41) is 9.95. The summed E-state index contributed by atoms with van der Waals surface area (Å²) in [6.45, 7) is 6.83. The van der Waals surface area contributed by atoms with Crippen LogP contribution in [0.15, 0.2) is 51.8 Å². The Labute approximate surface area is 182 Å². The van der Waals surface area contributed by atoms with E-state index >= 15 is 0 Å². The summed E-state index contributed by atoms with van der Waals surface area (Å²) in [7, 11) is -3.84. The molecule has 0 radical (unpaired) electrons. The van der Waals surface area contributed by atoms with Crippen molar-refractivity contribution in [1.29, 1.82) is 0 Å². The van der Waals surface area contributed by atoms with Crippen molar-refractivity contribution in [2.24, 2.45) is 11.3 Å².